The van der Waals surface area contributed by atoms with Gasteiger partial charge in [0, 0.05) is 0 Å². The smallest absolute Gasteiger partial charge is 0.313 e. The van der Waals surface area contributed by atoms with E-state index in [1.54, 1.807) is 0 Å². The number of nitrogens with zero attached hydrogens (tertiary/aromatic N) is 2. The zero-order chi connectivity index (χ0) is 12.3. The summed E-state index contributed by atoms with van der Waals surface area (Å²) in [5.41, 5.74) is 1.18. The third-order valence-corrected chi connectivity index (χ3v) is 2.76. The van der Waals surface area contributed by atoms with Gasteiger partial charge < -0.3 is 10.1 Å². The lowest BCUT2D eigenvalue weighted by molar-refractivity contribution is -0.133. The molecule has 7 heteroatoms. The van der Waals surface area contributed by atoms with Crippen molar-refractivity contribution in [3.63, 3.8) is 0 Å². The fraction of sp³-hybridized carbons (Fsp3) is 0.100. The number of H-pyrrole nitrogens is 1. The summed E-state index contributed by atoms with van der Waals surface area (Å²) in [7, 11) is 0. The van der Waals surface area contributed by atoms with Gasteiger partial charge in [-0.1, -0.05) is 11.8 Å². The first-order valence-electron chi connectivity index (χ1n) is 4.66. The van der Waals surface area contributed by atoms with Crippen LogP contribution in [0.2, 0.25) is 0 Å². The molecule has 2 aromatic heterocycles. The van der Waals surface area contributed by atoms with Gasteiger partial charge in [0.1, 0.15) is 5.82 Å². The summed E-state index contributed by atoms with van der Waals surface area (Å²) in [4.78, 5) is 21.2. The number of carboxylic acids is 1. The van der Waals surface area contributed by atoms with Crippen molar-refractivity contribution in [1.29, 1.82) is 0 Å². The standard InChI is InChI=1S/C10H8FN3O2S/c11-6-1-2-7(12-3-6)8-4-13-10(14-8)17-5-9(15)16/h1-4H,5H2,(H,13,14)(H,15,16). The van der Waals surface area contributed by atoms with Gasteiger partial charge in [0.05, 0.1) is 29.5 Å². The average molecular weight is 253 g/mol. The third-order valence-electron chi connectivity index (χ3n) is 1.89. The SMILES string of the molecule is O=C(O)CSc1ncc(-c2ccc(F)cn2)[nH]1. The van der Waals surface area contributed by atoms with Crippen molar-refractivity contribution in [3.05, 3.63) is 30.3 Å². The lowest BCUT2D eigenvalue weighted by Crippen LogP contribution is -1.97. The van der Waals surface area contributed by atoms with Gasteiger partial charge in [0.25, 0.3) is 0 Å². The number of imidazole rings is 1. The van der Waals surface area contributed by atoms with Crippen LogP contribution in [0.3, 0.4) is 0 Å². The highest BCUT2D eigenvalue weighted by molar-refractivity contribution is 7.99. The number of pyridine rings is 1. The van der Waals surface area contributed by atoms with E-state index >= 15 is 0 Å². The molecule has 0 bridgehead atoms. The Morgan fingerprint density at radius 2 is 2.24 bits per heavy atom. The Bertz CT molecular complexity index is 527. The number of hydrogen-bond donors (Lipinski definition) is 2. The third kappa shape index (κ3) is 3.04. The van der Waals surface area contributed by atoms with E-state index < -0.39 is 11.8 Å². The maximum Gasteiger partial charge on any atom is 0.313 e. The first-order chi connectivity index (χ1) is 8.15. The van der Waals surface area contributed by atoms with Gasteiger partial charge in [-0.3, -0.25) is 9.78 Å². The molecule has 0 saturated carbocycles. The molecule has 2 N–H and O–H groups in total. The van der Waals surface area contributed by atoms with Crippen molar-refractivity contribution in [2.45, 2.75) is 5.16 Å². The van der Waals surface area contributed by atoms with Crippen LogP contribution in [0.15, 0.2) is 29.7 Å². The highest BCUT2D eigenvalue weighted by Crippen LogP contribution is 2.19. The molecule has 88 valence electrons. The number of carbonyl (C=O) groups is 1. The number of rotatable bonds is 4. The van der Waals surface area contributed by atoms with Crippen LogP contribution in [0.25, 0.3) is 11.4 Å². The Morgan fingerprint density at radius 1 is 1.41 bits per heavy atom. The number of carboxylic acid groups (broad SMARTS) is 1. The van der Waals surface area contributed by atoms with E-state index in [2.05, 4.69) is 15.0 Å². The molecule has 0 atom stereocenters. The summed E-state index contributed by atoms with van der Waals surface area (Å²) >= 11 is 1.08. The van der Waals surface area contributed by atoms with Crippen molar-refractivity contribution < 1.29 is 14.3 Å². The van der Waals surface area contributed by atoms with Crippen molar-refractivity contribution in [2.24, 2.45) is 0 Å². The van der Waals surface area contributed by atoms with Crippen LogP contribution in [0.5, 0.6) is 0 Å². The zero-order valence-corrected chi connectivity index (χ0v) is 9.37. The molecule has 0 unspecified atom stereocenters. The first kappa shape index (κ1) is 11.6. The maximum atomic E-state index is 12.7. The molecule has 0 saturated heterocycles. The van der Waals surface area contributed by atoms with Gasteiger partial charge in [-0.05, 0) is 12.1 Å². The van der Waals surface area contributed by atoms with E-state index in [1.807, 2.05) is 0 Å². The molecule has 0 radical (unpaired) electrons. The molecule has 0 aromatic carbocycles. The van der Waals surface area contributed by atoms with Crippen molar-refractivity contribution in [1.82, 2.24) is 15.0 Å². The van der Waals surface area contributed by atoms with Crippen molar-refractivity contribution in [3.8, 4) is 11.4 Å². The predicted molar refractivity (Wildman–Crippen MR) is 60.1 cm³/mol. The Hall–Kier alpha value is -1.89. The minimum Gasteiger partial charge on any atom is -0.481 e. The molecule has 17 heavy (non-hydrogen) atoms. The van der Waals surface area contributed by atoms with Gasteiger partial charge in [-0.2, -0.15) is 0 Å². The predicted octanol–water partition coefficient (Wildman–Crippen LogP) is 1.79. The number of nitrogens with one attached hydrogen (secondary N) is 1. The first-order valence-corrected chi connectivity index (χ1v) is 5.65. The quantitative estimate of drug-likeness (QED) is 0.812. The molecular weight excluding hydrogens is 245 g/mol. The normalized spacial score (nSPS) is 10.4. The van der Waals surface area contributed by atoms with Gasteiger partial charge in [-0.15, -0.1) is 0 Å². The van der Waals surface area contributed by atoms with Crippen LogP contribution >= 0.6 is 11.8 Å². The second kappa shape index (κ2) is 4.96. The summed E-state index contributed by atoms with van der Waals surface area (Å²) in [6, 6.07) is 2.82. The van der Waals surface area contributed by atoms with Crippen LogP contribution in [-0.4, -0.2) is 31.8 Å². The van der Waals surface area contributed by atoms with Crippen LogP contribution in [0, 0.1) is 5.82 Å². The second-order valence-corrected chi connectivity index (χ2v) is 4.11. The largest absolute Gasteiger partial charge is 0.481 e. The fourth-order valence-electron chi connectivity index (χ4n) is 1.17. The van der Waals surface area contributed by atoms with Crippen LogP contribution in [0.4, 0.5) is 4.39 Å². The minimum absolute atomic E-state index is 0.0657. The van der Waals surface area contributed by atoms with Crippen LogP contribution in [0.1, 0.15) is 0 Å². The topological polar surface area (TPSA) is 78.9 Å². The van der Waals surface area contributed by atoms with E-state index in [-0.39, 0.29) is 5.75 Å². The lowest BCUT2D eigenvalue weighted by Gasteiger charge is -1.95. The molecule has 0 aliphatic heterocycles. The molecule has 2 aromatic rings. The highest BCUT2D eigenvalue weighted by Gasteiger charge is 2.06. The molecule has 2 rings (SSSR count). The van der Waals surface area contributed by atoms with Gasteiger partial charge >= 0.3 is 5.97 Å². The number of aromatic nitrogens is 3. The monoisotopic (exact) mass is 253 g/mol. The Balaban J connectivity index is 2.12. The molecule has 2 heterocycles. The Morgan fingerprint density at radius 3 is 2.88 bits per heavy atom. The number of aliphatic carboxylic acids is 1. The maximum absolute atomic E-state index is 12.7. The molecule has 0 fully saturated rings. The summed E-state index contributed by atoms with van der Waals surface area (Å²) in [5.74, 6) is -1.38. The molecule has 0 aliphatic rings. The number of hydrogen-bond acceptors (Lipinski definition) is 4. The number of aromatic amines is 1. The summed E-state index contributed by atoms with van der Waals surface area (Å²) < 4.78 is 12.7. The summed E-state index contributed by atoms with van der Waals surface area (Å²) in [6.07, 6.45) is 2.64. The van der Waals surface area contributed by atoms with Gasteiger partial charge in [-0.25, -0.2) is 9.37 Å². The van der Waals surface area contributed by atoms with Crippen LogP contribution < -0.4 is 0 Å². The van der Waals surface area contributed by atoms with Gasteiger partial charge in [0.15, 0.2) is 5.16 Å². The number of halogens is 1. The lowest BCUT2D eigenvalue weighted by atomic mass is 10.3. The zero-order valence-electron chi connectivity index (χ0n) is 8.55. The van der Waals surface area contributed by atoms with E-state index in [4.69, 9.17) is 5.11 Å². The minimum atomic E-state index is -0.909. The molecule has 0 amide bonds. The fourth-order valence-corrected chi connectivity index (χ4v) is 1.74. The molecule has 0 spiro atoms. The van der Waals surface area contributed by atoms with E-state index in [0.29, 0.717) is 16.5 Å². The van der Waals surface area contributed by atoms with Crippen molar-refractivity contribution >= 4 is 17.7 Å². The average Bonchev–Trinajstić information content (AvgIpc) is 2.76. The Kier molecular flexibility index (Phi) is 3.38. The second-order valence-electron chi connectivity index (χ2n) is 3.15. The molecule has 5 nitrogen and oxygen atoms in total. The van der Waals surface area contributed by atoms with Crippen LogP contribution in [-0.2, 0) is 4.79 Å². The molecule has 0 aliphatic carbocycles. The van der Waals surface area contributed by atoms with Crippen molar-refractivity contribution in [2.75, 3.05) is 5.75 Å². The van der Waals surface area contributed by atoms with Gasteiger partial charge in [0.2, 0.25) is 0 Å². The Labute approximate surface area is 100 Å². The summed E-state index contributed by atoms with van der Waals surface area (Å²) in [5, 5.41) is 9.01. The van der Waals surface area contributed by atoms with E-state index in [1.165, 1.54) is 18.3 Å². The highest BCUT2D eigenvalue weighted by atomic mass is 32.2. The number of thioether (sulfide) groups is 1. The summed E-state index contributed by atoms with van der Waals surface area (Å²) in [6.45, 7) is 0. The molecular formula is C10H8FN3O2S. The van der Waals surface area contributed by atoms with E-state index in [9.17, 15) is 9.18 Å². The van der Waals surface area contributed by atoms with E-state index in [0.717, 1.165) is 18.0 Å².